The minimum Gasteiger partial charge on any atom is -0.478 e. The van der Waals surface area contributed by atoms with Crippen molar-refractivity contribution >= 4 is 19.0 Å². The first-order valence-corrected chi connectivity index (χ1v) is 9.18. The van der Waals surface area contributed by atoms with Gasteiger partial charge in [-0.3, -0.25) is 9.59 Å². The molecule has 2 amide bonds. The van der Waals surface area contributed by atoms with E-state index in [4.69, 9.17) is 9.84 Å². The fraction of sp³-hybridized carbons (Fsp3) is 0.381. The molecule has 0 atom stereocenters. The number of carbonyl (C=O) groups excluding carboxylic acids is 2. The molecule has 0 saturated carbocycles. The number of nitrogens with zero attached hydrogens (tertiary/aromatic N) is 4. The van der Waals surface area contributed by atoms with E-state index in [1.807, 2.05) is 30.3 Å². The van der Waals surface area contributed by atoms with Gasteiger partial charge in [0.05, 0.1) is 5.76 Å². The zero-order chi connectivity index (χ0) is 21.8. The number of benzene rings is 1. The highest BCUT2D eigenvalue weighted by Crippen LogP contribution is 2.20. The van der Waals surface area contributed by atoms with E-state index in [1.54, 1.807) is 18.9 Å². The number of hydrogen-bond donors (Lipinski definition) is 1. The Morgan fingerprint density at radius 3 is 2.45 bits per heavy atom. The number of carbonyl (C=O) groups is 2. The lowest BCUT2D eigenvalue weighted by atomic mass is 10.2. The van der Waals surface area contributed by atoms with E-state index in [0.717, 1.165) is 5.56 Å². The minimum atomic E-state index is -0.365. The predicted octanol–water partition coefficient (Wildman–Crippen LogP) is 1.79. The summed E-state index contributed by atoms with van der Waals surface area (Å²) in [6, 6.07) is 9.55. The van der Waals surface area contributed by atoms with Crippen molar-refractivity contribution in [3.05, 3.63) is 59.8 Å². The monoisotopic (exact) mass is 402 g/mol. The molecule has 0 saturated heterocycles. The Morgan fingerprint density at radius 1 is 1.28 bits per heavy atom. The van der Waals surface area contributed by atoms with Crippen molar-refractivity contribution in [1.82, 2.24) is 14.7 Å². The molecule has 0 unspecified atom stereocenters. The van der Waals surface area contributed by atoms with E-state index in [0.29, 0.717) is 31.7 Å². The van der Waals surface area contributed by atoms with Gasteiger partial charge in [-0.05, 0) is 25.6 Å². The number of amides is 2. The van der Waals surface area contributed by atoms with E-state index < -0.39 is 0 Å². The van der Waals surface area contributed by atoms with Crippen LogP contribution in [0.3, 0.4) is 0 Å². The highest BCUT2D eigenvalue weighted by Gasteiger charge is 2.27. The van der Waals surface area contributed by atoms with Crippen LogP contribution in [0.1, 0.15) is 18.9 Å². The Labute approximate surface area is 172 Å². The summed E-state index contributed by atoms with van der Waals surface area (Å²) in [5.41, 5.74) is 1.11. The quantitative estimate of drug-likeness (QED) is 0.179. The van der Waals surface area contributed by atoms with E-state index in [1.165, 1.54) is 16.8 Å². The van der Waals surface area contributed by atoms with Crippen LogP contribution in [-0.4, -0.2) is 72.8 Å². The van der Waals surface area contributed by atoms with Crippen LogP contribution in [-0.2, 0) is 20.9 Å². The molecule has 0 aliphatic rings. The van der Waals surface area contributed by atoms with Crippen molar-refractivity contribution in [3.63, 3.8) is 0 Å². The molecule has 0 aliphatic heterocycles. The summed E-state index contributed by atoms with van der Waals surface area (Å²) in [6.45, 7) is 9.67. The molecule has 29 heavy (non-hydrogen) atoms. The van der Waals surface area contributed by atoms with E-state index >= 15 is 0 Å². The molecule has 1 aromatic carbocycles. The molecule has 0 bridgehead atoms. The van der Waals surface area contributed by atoms with Gasteiger partial charge in [-0.2, -0.15) is 0 Å². The first-order valence-electron chi connectivity index (χ1n) is 9.18. The summed E-state index contributed by atoms with van der Waals surface area (Å²) < 4.78 is 5.59. The molecule has 0 radical (unpaired) electrons. The van der Waals surface area contributed by atoms with Gasteiger partial charge >= 0.3 is 0 Å². The van der Waals surface area contributed by atoms with E-state index in [2.05, 4.69) is 18.3 Å². The van der Waals surface area contributed by atoms with Gasteiger partial charge in [0.2, 0.25) is 6.41 Å². The summed E-state index contributed by atoms with van der Waals surface area (Å²) in [7, 11) is 3.12. The highest BCUT2D eigenvalue weighted by molar-refractivity contribution is 5.93. The molecule has 0 aromatic heterocycles. The molecule has 8 heteroatoms. The van der Waals surface area contributed by atoms with Gasteiger partial charge < -0.3 is 24.5 Å². The lowest BCUT2D eigenvalue weighted by molar-refractivity contribution is -0.128. The maximum absolute atomic E-state index is 13.3. The molecule has 1 N–H and O–H groups in total. The Balaban J connectivity index is 3.45. The lowest BCUT2D eigenvalue weighted by Gasteiger charge is -2.31. The summed E-state index contributed by atoms with van der Waals surface area (Å²) in [5, 5.41) is 9.09. The molecule has 0 heterocycles. The number of aliphatic imine (C=N–C) groups is 1. The van der Waals surface area contributed by atoms with Gasteiger partial charge in [-0.25, -0.2) is 4.99 Å². The van der Waals surface area contributed by atoms with Crippen molar-refractivity contribution < 1.29 is 19.4 Å². The van der Waals surface area contributed by atoms with Crippen LogP contribution in [0.15, 0.2) is 59.2 Å². The third kappa shape index (κ3) is 7.42. The Hall–Kier alpha value is -3.13. The lowest BCUT2D eigenvalue weighted by Crippen LogP contribution is -2.40. The number of hydrogen-bond acceptors (Lipinski definition) is 6. The van der Waals surface area contributed by atoms with Crippen molar-refractivity contribution in [3.8, 4) is 0 Å². The number of aliphatic hydroxyl groups is 1. The standard InChI is InChI=1S/C21H30N4O4/c1-17(2)29-16-25(14-18-10-7-6-8-11-18)19(20(22-3)24(5)15-27)21(28)23(4)12-9-13-26/h6-8,10-11,15,26H,1,3,9,12-14,16H2,2,4-5H3/b20-19+. The molecule has 8 nitrogen and oxygen atoms in total. The number of aliphatic hydroxyl groups excluding tert-OH is 1. The zero-order valence-electron chi connectivity index (χ0n) is 17.4. The summed E-state index contributed by atoms with van der Waals surface area (Å²) in [6.07, 6.45) is 0.988. The minimum absolute atomic E-state index is 0.0326. The zero-order valence-corrected chi connectivity index (χ0v) is 17.4. The molecule has 1 rings (SSSR count). The van der Waals surface area contributed by atoms with Gasteiger partial charge in [0.15, 0.2) is 12.6 Å². The summed E-state index contributed by atoms with van der Waals surface area (Å²) >= 11 is 0. The molecular weight excluding hydrogens is 372 g/mol. The summed E-state index contributed by atoms with van der Waals surface area (Å²) in [5.74, 6) is 0.234. The average molecular weight is 402 g/mol. The number of ether oxygens (including phenoxy) is 1. The van der Waals surface area contributed by atoms with Crippen LogP contribution in [0.5, 0.6) is 0 Å². The largest absolute Gasteiger partial charge is 0.478 e. The fourth-order valence-electron chi connectivity index (χ4n) is 2.55. The number of likely N-dealkylation sites (N-methyl/N-ethyl adjacent to an activating group) is 1. The smallest absolute Gasteiger partial charge is 0.273 e. The van der Waals surface area contributed by atoms with Crippen LogP contribution in [0, 0.1) is 0 Å². The molecule has 1 aromatic rings. The highest BCUT2D eigenvalue weighted by atomic mass is 16.5. The second kappa shape index (κ2) is 12.4. The van der Waals surface area contributed by atoms with Crippen molar-refractivity contribution in [1.29, 1.82) is 0 Å². The normalized spacial score (nSPS) is 11.2. The third-order valence-electron chi connectivity index (χ3n) is 4.05. The Bertz CT molecular complexity index is 733. The van der Waals surface area contributed by atoms with Gasteiger partial charge in [-0.1, -0.05) is 36.9 Å². The van der Waals surface area contributed by atoms with Gasteiger partial charge in [-0.15, -0.1) is 0 Å². The summed E-state index contributed by atoms with van der Waals surface area (Å²) in [4.78, 5) is 33.0. The topological polar surface area (TPSA) is 85.7 Å². The number of allylic oxidation sites excluding steroid dienone is 1. The van der Waals surface area contributed by atoms with Crippen LogP contribution in [0.2, 0.25) is 0 Å². The SMILES string of the molecule is C=N/C(=C(/C(=O)N(C)CCCO)N(COC(=C)C)Cc1ccccc1)N(C)C=O. The van der Waals surface area contributed by atoms with Crippen LogP contribution < -0.4 is 0 Å². The van der Waals surface area contributed by atoms with Gasteiger partial charge in [0.25, 0.3) is 5.91 Å². The fourth-order valence-corrected chi connectivity index (χ4v) is 2.55. The first-order chi connectivity index (χ1) is 13.8. The average Bonchev–Trinajstić information content (AvgIpc) is 2.72. The third-order valence-corrected chi connectivity index (χ3v) is 4.05. The Morgan fingerprint density at radius 2 is 1.93 bits per heavy atom. The van der Waals surface area contributed by atoms with Crippen LogP contribution in [0.4, 0.5) is 0 Å². The van der Waals surface area contributed by atoms with E-state index in [9.17, 15) is 9.59 Å². The molecule has 0 spiro atoms. The van der Waals surface area contributed by atoms with E-state index in [-0.39, 0.29) is 30.8 Å². The van der Waals surface area contributed by atoms with Crippen LogP contribution >= 0.6 is 0 Å². The Kier molecular flexibility index (Phi) is 10.2. The van der Waals surface area contributed by atoms with Gasteiger partial charge in [0.1, 0.15) is 5.70 Å². The van der Waals surface area contributed by atoms with Crippen molar-refractivity contribution in [2.24, 2.45) is 4.99 Å². The molecular formula is C21H30N4O4. The maximum Gasteiger partial charge on any atom is 0.273 e. The maximum atomic E-state index is 13.3. The van der Waals surface area contributed by atoms with Crippen molar-refractivity contribution in [2.75, 3.05) is 34.0 Å². The number of rotatable bonds is 13. The van der Waals surface area contributed by atoms with Crippen LogP contribution in [0.25, 0.3) is 0 Å². The van der Waals surface area contributed by atoms with Crippen molar-refractivity contribution in [2.45, 2.75) is 19.9 Å². The van der Waals surface area contributed by atoms with Gasteiger partial charge in [0, 0.05) is 33.8 Å². The molecule has 0 fully saturated rings. The molecule has 0 aliphatic carbocycles. The predicted molar refractivity (Wildman–Crippen MR) is 112 cm³/mol. The first kappa shape index (κ1) is 23.9. The molecule has 158 valence electrons. The second-order valence-electron chi connectivity index (χ2n) is 6.51. The second-order valence-corrected chi connectivity index (χ2v) is 6.51.